The van der Waals surface area contributed by atoms with Gasteiger partial charge in [0.2, 0.25) is 0 Å². The van der Waals surface area contributed by atoms with Crippen molar-refractivity contribution in [3.05, 3.63) is 51.7 Å². The lowest BCUT2D eigenvalue weighted by Gasteiger charge is -2.13. The number of hydrogen-bond donors (Lipinski definition) is 2. The van der Waals surface area contributed by atoms with Crippen LogP contribution in [0.4, 0.5) is 14.5 Å². The van der Waals surface area contributed by atoms with Crippen LogP contribution in [0.25, 0.3) is 5.69 Å². The minimum absolute atomic E-state index is 0.108. The first-order chi connectivity index (χ1) is 9.93. The maximum atomic E-state index is 14.0. The van der Waals surface area contributed by atoms with Crippen molar-refractivity contribution in [1.82, 2.24) is 9.55 Å². The van der Waals surface area contributed by atoms with E-state index < -0.39 is 11.6 Å². The maximum absolute atomic E-state index is 14.0. The normalized spacial score (nSPS) is 10.7. The highest BCUT2D eigenvalue weighted by Gasteiger charge is 2.14. The zero-order valence-electron chi connectivity index (χ0n) is 11.7. The van der Waals surface area contributed by atoms with E-state index in [0.717, 1.165) is 12.1 Å². The van der Waals surface area contributed by atoms with Crippen LogP contribution in [0.1, 0.15) is 11.5 Å². The number of hydrogen-bond acceptors (Lipinski definition) is 4. The Balaban J connectivity index is 2.55. The van der Waals surface area contributed by atoms with E-state index in [1.54, 1.807) is 13.8 Å². The summed E-state index contributed by atoms with van der Waals surface area (Å²) in [5.74, 6) is -0.714. The van der Waals surface area contributed by atoms with Crippen LogP contribution in [-0.2, 0) is 0 Å². The monoisotopic (exact) mass is 311 g/mol. The first-order valence-corrected chi connectivity index (χ1v) is 6.98. The molecule has 2 aromatic rings. The number of halogens is 2. The molecule has 1 aromatic carbocycles. The van der Waals surface area contributed by atoms with E-state index >= 15 is 0 Å². The Hall–Kier alpha value is -1.89. The fourth-order valence-electron chi connectivity index (χ4n) is 2.09. The van der Waals surface area contributed by atoms with Crippen molar-refractivity contribution in [3.8, 4) is 5.69 Å². The van der Waals surface area contributed by atoms with E-state index in [1.165, 1.54) is 10.6 Å². The number of benzene rings is 1. The second-order valence-corrected chi connectivity index (χ2v) is 5.00. The molecule has 0 spiro atoms. The number of thiol groups is 1. The third-order valence-corrected chi connectivity index (χ3v) is 3.14. The Bertz CT molecular complexity index is 708. The predicted octanol–water partition coefficient (Wildman–Crippen LogP) is 2.47. The average Bonchev–Trinajstić information content (AvgIpc) is 2.36. The molecule has 0 saturated heterocycles. The zero-order valence-corrected chi connectivity index (χ0v) is 12.5. The number of nitrogens with zero attached hydrogens (tertiary/aromatic N) is 2. The summed E-state index contributed by atoms with van der Waals surface area (Å²) >= 11 is 3.97. The molecule has 1 aromatic heterocycles. The molecule has 0 atom stereocenters. The van der Waals surface area contributed by atoms with Crippen LogP contribution < -0.4 is 10.9 Å². The van der Waals surface area contributed by atoms with E-state index in [9.17, 15) is 13.6 Å². The number of aryl methyl sites for hydroxylation is 2. The van der Waals surface area contributed by atoms with Crippen molar-refractivity contribution in [3.63, 3.8) is 0 Å². The van der Waals surface area contributed by atoms with Crippen LogP contribution in [0.5, 0.6) is 0 Å². The summed E-state index contributed by atoms with van der Waals surface area (Å²) in [6, 6.07) is 3.53. The van der Waals surface area contributed by atoms with Gasteiger partial charge in [-0.1, -0.05) is 0 Å². The van der Waals surface area contributed by atoms with E-state index in [0.29, 0.717) is 23.8 Å². The number of nitrogens with one attached hydrogen (secondary N) is 1. The number of aromatic nitrogens is 2. The molecule has 0 bridgehead atoms. The summed E-state index contributed by atoms with van der Waals surface area (Å²) in [6.07, 6.45) is 0. The van der Waals surface area contributed by atoms with Gasteiger partial charge in [-0.2, -0.15) is 12.6 Å². The van der Waals surface area contributed by atoms with E-state index in [4.69, 9.17) is 0 Å². The van der Waals surface area contributed by atoms with Crippen LogP contribution in [0.3, 0.4) is 0 Å². The van der Waals surface area contributed by atoms with Gasteiger partial charge in [-0.05, 0) is 13.8 Å². The molecule has 7 heteroatoms. The lowest BCUT2D eigenvalue weighted by molar-refractivity contribution is 0.586. The van der Waals surface area contributed by atoms with Crippen molar-refractivity contribution in [2.75, 3.05) is 17.6 Å². The molecule has 0 aliphatic carbocycles. The molecular formula is C14H15F2N3OS. The lowest BCUT2D eigenvalue weighted by atomic mass is 10.2. The summed E-state index contributed by atoms with van der Waals surface area (Å²) in [6.45, 7) is 3.63. The van der Waals surface area contributed by atoms with Gasteiger partial charge < -0.3 is 5.32 Å². The topological polar surface area (TPSA) is 46.9 Å². The highest BCUT2D eigenvalue weighted by atomic mass is 32.1. The van der Waals surface area contributed by atoms with Gasteiger partial charge in [-0.3, -0.25) is 9.36 Å². The summed E-state index contributed by atoms with van der Waals surface area (Å²) < 4.78 is 29.2. The van der Waals surface area contributed by atoms with E-state index in [2.05, 4.69) is 22.9 Å². The van der Waals surface area contributed by atoms with Crippen molar-refractivity contribution in [2.45, 2.75) is 13.8 Å². The molecule has 0 radical (unpaired) electrons. The molecule has 0 fully saturated rings. The van der Waals surface area contributed by atoms with Crippen molar-refractivity contribution < 1.29 is 8.78 Å². The summed E-state index contributed by atoms with van der Waals surface area (Å²) in [5, 5.41) is 2.62. The third kappa shape index (κ3) is 3.24. The Labute approximate surface area is 126 Å². The molecule has 112 valence electrons. The number of rotatable bonds is 4. The van der Waals surface area contributed by atoms with Crippen LogP contribution in [-0.4, -0.2) is 21.8 Å². The molecule has 0 aliphatic heterocycles. The minimum atomic E-state index is -0.765. The van der Waals surface area contributed by atoms with E-state index in [1.807, 2.05) is 0 Å². The van der Waals surface area contributed by atoms with Crippen molar-refractivity contribution in [2.24, 2.45) is 0 Å². The van der Waals surface area contributed by atoms with Gasteiger partial charge in [0.15, 0.2) is 11.6 Å². The van der Waals surface area contributed by atoms with Gasteiger partial charge in [0.1, 0.15) is 11.5 Å². The summed E-state index contributed by atoms with van der Waals surface area (Å²) in [4.78, 5) is 16.1. The van der Waals surface area contributed by atoms with Gasteiger partial charge in [0, 0.05) is 36.2 Å². The van der Waals surface area contributed by atoms with Crippen LogP contribution in [0, 0.1) is 25.5 Å². The molecule has 0 aliphatic rings. The first kappa shape index (κ1) is 15.5. The molecule has 1 heterocycles. The maximum Gasteiger partial charge on any atom is 0.258 e. The second-order valence-electron chi connectivity index (χ2n) is 4.55. The molecule has 21 heavy (non-hydrogen) atoms. The largest absolute Gasteiger partial charge is 0.379 e. The quantitative estimate of drug-likeness (QED) is 0.853. The van der Waals surface area contributed by atoms with Gasteiger partial charge in [0.05, 0.1) is 5.69 Å². The summed E-state index contributed by atoms with van der Waals surface area (Å²) in [7, 11) is 0. The molecular weight excluding hydrogens is 296 g/mol. The highest BCUT2D eigenvalue weighted by molar-refractivity contribution is 7.80. The van der Waals surface area contributed by atoms with Gasteiger partial charge >= 0.3 is 0 Å². The average molecular weight is 311 g/mol. The van der Waals surface area contributed by atoms with Crippen LogP contribution >= 0.6 is 12.6 Å². The molecule has 2 rings (SSSR count). The van der Waals surface area contributed by atoms with Gasteiger partial charge in [-0.15, -0.1) is 0 Å². The Morgan fingerprint density at radius 1 is 1.24 bits per heavy atom. The lowest BCUT2D eigenvalue weighted by Crippen LogP contribution is -2.22. The Kier molecular flexibility index (Phi) is 4.62. The zero-order chi connectivity index (χ0) is 15.6. The van der Waals surface area contributed by atoms with E-state index in [-0.39, 0.29) is 16.9 Å². The fourth-order valence-corrected chi connectivity index (χ4v) is 2.20. The second kappa shape index (κ2) is 6.26. The summed E-state index contributed by atoms with van der Waals surface area (Å²) in [5.41, 5.74) is 0.0617. The molecule has 0 amide bonds. The van der Waals surface area contributed by atoms with Crippen molar-refractivity contribution >= 4 is 18.3 Å². The van der Waals surface area contributed by atoms with Gasteiger partial charge in [-0.25, -0.2) is 13.8 Å². The molecule has 1 N–H and O–H groups in total. The van der Waals surface area contributed by atoms with Crippen molar-refractivity contribution in [1.29, 1.82) is 0 Å². The smallest absolute Gasteiger partial charge is 0.258 e. The standard InChI is InChI=1S/C14H15F2N3OS/c1-8-5-13(20)19(9(2)18-8)10-6-11(15)14(12(16)7-10)17-3-4-21/h5-7,17,21H,3-4H2,1-2H3. The molecule has 0 unspecified atom stereocenters. The molecule has 0 saturated carbocycles. The van der Waals surface area contributed by atoms with Crippen LogP contribution in [0.2, 0.25) is 0 Å². The van der Waals surface area contributed by atoms with Crippen LogP contribution in [0.15, 0.2) is 23.0 Å². The first-order valence-electron chi connectivity index (χ1n) is 6.35. The van der Waals surface area contributed by atoms with Gasteiger partial charge in [0.25, 0.3) is 5.56 Å². The third-order valence-electron chi connectivity index (χ3n) is 2.91. The Morgan fingerprint density at radius 3 is 2.38 bits per heavy atom. The minimum Gasteiger partial charge on any atom is -0.379 e. The number of anilines is 1. The Morgan fingerprint density at radius 2 is 1.86 bits per heavy atom. The SMILES string of the molecule is Cc1cc(=O)n(-c2cc(F)c(NCCS)c(F)c2)c(C)n1. The molecule has 4 nitrogen and oxygen atoms in total. The fraction of sp³-hybridized carbons (Fsp3) is 0.286. The predicted molar refractivity (Wildman–Crippen MR) is 81.6 cm³/mol. The highest BCUT2D eigenvalue weighted by Crippen LogP contribution is 2.22.